The topological polar surface area (TPSA) is 15.3 Å². The summed E-state index contributed by atoms with van der Waals surface area (Å²) in [6.45, 7) is 9.79. The van der Waals surface area contributed by atoms with Crippen LogP contribution in [0.1, 0.15) is 62.6 Å². The molecule has 1 aromatic rings. The zero-order valence-corrected chi connectivity index (χ0v) is 13.6. The van der Waals surface area contributed by atoms with Crippen LogP contribution in [0.3, 0.4) is 0 Å². The lowest BCUT2D eigenvalue weighted by Crippen LogP contribution is -2.34. The van der Waals surface area contributed by atoms with Gasteiger partial charge in [-0.2, -0.15) is 0 Å². The molecule has 116 valence electrons. The highest BCUT2D eigenvalue weighted by atomic mass is 15.1. The molecule has 1 fully saturated rings. The number of hydrogen-bond donors (Lipinski definition) is 1. The van der Waals surface area contributed by atoms with Gasteiger partial charge in [0.2, 0.25) is 0 Å². The molecule has 1 N–H and O–H groups in total. The third kappa shape index (κ3) is 3.67. The lowest BCUT2D eigenvalue weighted by molar-refractivity contribution is 0.274. The van der Waals surface area contributed by atoms with Gasteiger partial charge in [-0.1, -0.05) is 38.1 Å². The van der Waals surface area contributed by atoms with Gasteiger partial charge in [0.15, 0.2) is 0 Å². The molecule has 1 heterocycles. The van der Waals surface area contributed by atoms with Crippen LogP contribution in [-0.2, 0) is 0 Å². The largest absolute Gasteiger partial charge is 0.310 e. The van der Waals surface area contributed by atoms with E-state index >= 15 is 0 Å². The van der Waals surface area contributed by atoms with Crippen LogP contribution < -0.4 is 5.32 Å². The lowest BCUT2D eigenvalue weighted by atomic mass is 9.81. The molecule has 2 aliphatic rings. The highest BCUT2D eigenvalue weighted by Crippen LogP contribution is 2.36. The molecule has 2 heteroatoms. The highest BCUT2D eigenvalue weighted by molar-refractivity contribution is 5.34. The van der Waals surface area contributed by atoms with E-state index in [2.05, 4.69) is 48.3 Å². The SMILES string of the molecule is CC(CNC1CCC(C)c2ccccc21)CN1CCCC1. The normalized spacial score (nSPS) is 27.5. The van der Waals surface area contributed by atoms with Crippen molar-refractivity contribution < 1.29 is 0 Å². The van der Waals surface area contributed by atoms with E-state index in [1.807, 2.05) is 0 Å². The summed E-state index contributed by atoms with van der Waals surface area (Å²) in [6.07, 6.45) is 5.39. The highest BCUT2D eigenvalue weighted by Gasteiger charge is 2.24. The number of nitrogens with one attached hydrogen (secondary N) is 1. The molecule has 3 atom stereocenters. The molecular formula is C19H30N2. The third-order valence-electron chi connectivity index (χ3n) is 5.27. The van der Waals surface area contributed by atoms with E-state index in [1.54, 1.807) is 11.1 Å². The first-order valence-corrected chi connectivity index (χ1v) is 8.78. The second-order valence-corrected chi connectivity index (χ2v) is 7.18. The van der Waals surface area contributed by atoms with Crippen molar-refractivity contribution in [2.24, 2.45) is 5.92 Å². The molecule has 3 unspecified atom stereocenters. The Morgan fingerprint density at radius 2 is 1.86 bits per heavy atom. The molecule has 1 aliphatic carbocycles. The van der Waals surface area contributed by atoms with Gasteiger partial charge in [-0.25, -0.2) is 0 Å². The summed E-state index contributed by atoms with van der Waals surface area (Å²) >= 11 is 0. The van der Waals surface area contributed by atoms with Crippen LogP contribution >= 0.6 is 0 Å². The van der Waals surface area contributed by atoms with Crippen molar-refractivity contribution in [3.8, 4) is 0 Å². The first-order chi connectivity index (χ1) is 10.2. The van der Waals surface area contributed by atoms with E-state index in [9.17, 15) is 0 Å². The van der Waals surface area contributed by atoms with Crippen LogP contribution in [0.25, 0.3) is 0 Å². The quantitative estimate of drug-likeness (QED) is 0.882. The number of rotatable bonds is 5. The molecule has 0 saturated carbocycles. The van der Waals surface area contributed by atoms with E-state index < -0.39 is 0 Å². The molecular weight excluding hydrogens is 256 g/mol. The molecule has 0 amide bonds. The summed E-state index contributed by atoms with van der Waals surface area (Å²) in [5, 5.41) is 3.85. The number of hydrogen-bond acceptors (Lipinski definition) is 2. The molecule has 1 aromatic carbocycles. The smallest absolute Gasteiger partial charge is 0.0323 e. The van der Waals surface area contributed by atoms with Crippen molar-refractivity contribution in [1.29, 1.82) is 0 Å². The Labute approximate surface area is 129 Å². The minimum atomic E-state index is 0.568. The van der Waals surface area contributed by atoms with Gasteiger partial charge in [-0.15, -0.1) is 0 Å². The second-order valence-electron chi connectivity index (χ2n) is 7.18. The summed E-state index contributed by atoms with van der Waals surface area (Å²) in [5.74, 6) is 1.47. The fraction of sp³-hybridized carbons (Fsp3) is 0.684. The summed E-state index contributed by atoms with van der Waals surface area (Å²) in [6, 6.07) is 9.60. The maximum absolute atomic E-state index is 3.85. The van der Waals surface area contributed by atoms with Crippen LogP contribution in [0, 0.1) is 5.92 Å². The maximum Gasteiger partial charge on any atom is 0.0323 e. The fourth-order valence-corrected chi connectivity index (χ4v) is 4.03. The minimum absolute atomic E-state index is 0.568. The second kappa shape index (κ2) is 6.93. The Bertz CT molecular complexity index is 451. The van der Waals surface area contributed by atoms with Gasteiger partial charge in [0.1, 0.15) is 0 Å². The number of benzene rings is 1. The van der Waals surface area contributed by atoms with Gasteiger partial charge in [-0.3, -0.25) is 0 Å². The van der Waals surface area contributed by atoms with Crippen LogP contribution in [0.2, 0.25) is 0 Å². The fourth-order valence-electron chi connectivity index (χ4n) is 4.03. The molecule has 1 saturated heterocycles. The average Bonchev–Trinajstić information content (AvgIpc) is 3.00. The van der Waals surface area contributed by atoms with Crippen LogP contribution in [0.5, 0.6) is 0 Å². The average molecular weight is 286 g/mol. The Kier molecular flexibility index (Phi) is 4.97. The standard InChI is InChI=1S/C19H30N2/c1-15(14-21-11-5-6-12-21)13-20-19-10-9-16(2)17-7-3-4-8-18(17)19/h3-4,7-8,15-16,19-20H,5-6,9-14H2,1-2H3. The van der Waals surface area contributed by atoms with Crippen molar-refractivity contribution in [3.63, 3.8) is 0 Å². The lowest BCUT2D eigenvalue weighted by Gasteiger charge is -2.31. The third-order valence-corrected chi connectivity index (χ3v) is 5.27. The molecule has 3 rings (SSSR count). The predicted octanol–water partition coefficient (Wildman–Crippen LogP) is 3.95. The van der Waals surface area contributed by atoms with Gasteiger partial charge in [0.05, 0.1) is 0 Å². The minimum Gasteiger partial charge on any atom is -0.310 e. The Hall–Kier alpha value is -0.860. The summed E-state index contributed by atoms with van der Waals surface area (Å²) in [4.78, 5) is 2.63. The molecule has 21 heavy (non-hydrogen) atoms. The molecule has 0 spiro atoms. The molecule has 2 nitrogen and oxygen atoms in total. The number of likely N-dealkylation sites (tertiary alicyclic amines) is 1. The van der Waals surface area contributed by atoms with Crippen molar-refractivity contribution >= 4 is 0 Å². The first-order valence-electron chi connectivity index (χ1n) is 8.78. The zero-order valence-electron chi connectivity index (χ0n) is 13.6. The summed E-state index contributed by atoms with van der Waals surface area (Å²) in [7, 11) is 0. The van der Waals surface area contributed by atoms with Crippen molar-refractivity contribution in [2.75, 3.05) is 26.2 Å². The van der Waals surface area contributed by atoms with Crippen LogP contribution in [0.4, 0.5) is 0 Å². The van der Waals surface area contributed by atoms with Gasteiger partial charge in [0.25, 0.3) is 0 Å². The Morgan fingerprint density at radius 3 is 2.62 bits per heavy atom. The van der Waals surface area contributed by atoms with Gasteiger partial charge < -0.3 is 10.2 Å². The van der Waals surface area contributed by atoms with E-state index in [-0.39, 0.29) is 0 Å². The molecule has 0 aromatic heterocycles. The van der Waals surface area contributed by atoms with Gasteiger partial charge in [0, 0.05) is 12.6 Å². The first kappa shape index (κ1) is 15.1. The van der Waals surface area contributed by atoms with Gasteiger partial charge >= 0.3 is 0 Å². The van der Waals surface area contributed by atoms with Crippen LogP contribution in [-0.4, -0.2) is 31.1 Å². The van der Waals surface area contributed by atoms with Crippen LogP contribution in [0.15, 0.2) is 24.3 Å². The van der Waals surface area contributed by atoms with Gasteiger partial charge in [-0.05, 0) is 68.3 Å². The Morgan fingerprint density at radius 1 is 1.14 bits per heavy atom. The van der Waals surface area contributed by atoms with Crippen molar-refractivity contribution in [1.82, 2.24) is 10.2 Å². The Balaban J connectivity index is 1.54. The van der Waals surface area contributed by atoms with Crippen molar-refractivity contribution in [2.45, 2.75) is 51.5 Å². The molecule has 0 radical (unpaired) electrons. The van der Waals surface area contributed by atoms with E-state index in [4.69, 9.17) is 0 Å². The summed E-state index contributed by atoms with van der Waals surface area (Å²) < 4.78 is 0. The zero-order chi connectivity index (χ0) is 14.7. The van der Waals surface area contributed by atoms with Crippen molar-refractivity contribution in [3.05, 3.63) is 35.4 Å². The monoisotopic (exact) mass is 286 g/mol. The predicted molar refractivity (Wildman–Crippen MR) is 89.7 cm³/mol. The number of fused-ring (bicyclic) bond motifs is 1. The maximum atomic E-state index is 3.85. The molecule has 0 bridgehead atoms. The molecule has 1 aliphatic heterocycles. The summed E-state index contributed by atoms with van der Waals surface area (Å²) in [5.41, 5.74) is 3.11. The van der Waals surface area contributed by atoms with E-state index in [0.29, 0.717) is 6.04 Å². The number of nitrogens with zero attached hydrogens (tertiary/aromatic N) is 1. The van der Waals surface area contributed by atoms with E-state index in [1.165, 1.54) is 45.3 Å². The van der Waals surface area contributed by atoms with E-state index in [0.717, 1.165) is 18.4 Å².